The summed E-state index contributed by atoms with van der Waals surface area (Å²) in [4.78, 5) is 11.0. The maximum Gasteiger partial charge on any atom is 0.240 e. The Labute approximate surface area is 136 Å². The molecule has 0 aromatic heterocycles. The number of allylic oxidation sites excluding steroid dienone is 1. The predicted molar refractivity (Wildman–Crippen MR) is 87.1 cm³/mol. The number of rotatable bonds is 6. The largest absolute Gasteiger partial charge is 0.324 e. The molecule has 0 unspecified atom stereocenters. The van der Waals surface area contributed by atoms with E-state index in [-0.39, 0.29) is 10.6 Å². The summed E-state index contributed by atoms with van der Waals surface area (Å²) in [5.74, 6) is -1.14. The van der Waals surface area contributed by atoms with Crippen molar-refractivity contribution in [2.75, 3.05) is 11.9 Å². The first-order chi connectivity index (χ1) is 10.9. The lowest BCUT2D eigenvalue weighted by Gasteiger charge is -2.13. The summed E-state index contributed by atoms with van der Waals surface area (Å²) in [6.07, 6.45) is 7.27. The highest BCUT2D eigenvalue weighted by Gasteiger charge is 2.16. The second-order valence-corrected chi connectivity index (χ2v) is 7.35. The van der Waals surface area contributed by atoms with Crippen molar-refractivity contribution in [3.63, 3.8) is 0 Å². The van der Waals surface area contributed by atoms with Crippen molar-refractivity contribution in [2.24, 2.45) is 0 Å². The van der Waals surface area contributed by atoms with E-state index in [0.29, 0.717) is 13.0 Å². The van der Waals surface area contributed by atoms with Crippen LogP contribution in [0.1, 0.15) is 39.0 Å². The third-order valence-electron chi connectivity index (χ3n) is 3.68. The maximum absolute atomic E-state index is 13.6. The lowest BCUT2D eigenvalue weighted by Crippen LogP contribution is -2.25. The SMILES string of the molecule is CC(=O)Nc1cc(S(=O)(=O)NCCC2=CCCCC2)ccc1F. The molecule has 0 atom stereocenters. The topological polar surface area (TPSA) is 75.3 Å². The Hall–Kier alpha value is -1.73. The van der Waals surface area contributed by atoms with Crippen molar-refractivity contribution in [3.8, 4) is 0 Å². The van der Waals surface area contributed by atoms with Crippen molar-refractivity contribution in [1.29, 1.82) is 0 Å². The van der Waals surface area contributed by atoms with Crippen LogP contribution in [0.3, 0.4) is 0 Å². The first-order valence-corrected chi connectivity index (χ1v) is 9.11. The third kappa shape index (κ3) is 5.14. The number of carbonyl (C=O) groups is 1. The number of hydrogen-bond acceptors (Lipinski definition) is 3. The first kappa shape index (κ1) is 17.6. The smallest absolute Gasteiger partial charge is 0.240 e. The summed E-state index contributed by atoms with van der Waals surface area (Å²) in [7, 11) is -3.73. The molecule has 0 spiro atoms. The standard InChI is InChI=1S/C16H21FN2O3S/c1-12(20)19-16-11-14(7-8-15(16)17)23(21,22)18-10-9-13-5-3-2-4-6-13/h5,7-8,11,18H,2-4,6,9-10H2,1H3,(H,19,20). The molecular weight excluding hydrogens is 319 g/mol. The molecule has 0 saturated heterocycles. The molecule has 1 aliphatic carbocycles. The lowest BCUT2D eigenvalue weighted by molar-refractivity contribution is -0.114. The Morgan fingerprint density at radius 1 is 1.30 bits per heavy atom. The van der Waals surface area contributed by atoms with Gasteiger partial charge in [0, 0.05) is 13.5 Å². The molecular formula is C16H21FN2O3S. The van der Waals surface area contributed by atoms with Crippen LogP contribution in [-0.4, -0.2) is 20.9 Å². The van der Waals surface area contributed by atoms with Gasteiger partial charge in [-0.25, -0.2) is 17.5 Å². The second kappa shape index (κ2) is 7.70. The molecule has 5 nitrogen and oxygen atoms in total. The minimum Gasteiger partial charge on any atom is -0.324 e. The molecule has 0 radical (unpaired) electrons. The summed E-state index contributed by atoms with van der Waals surface area (Å²) in [5.41, 5.74) is 1.13. The zero-order valence-electron chi connectivity index (χ0n) is 13.1. The van der Waals surface area contributed by atoms with Gasteiger partial charge in [-0.05, 0) is 50.3 Å². The molecule has 2 N–H and O–H groups in total. The Morgan fingerprint density at radius 2 is 2.09 bits per heavy atom. The summed E-state index contributed by atoms with van der Waals surface area (Å²) >= 11 is 0. The number of halogens is 1. The van der Waals surface area contributed by atoms with Gasteiger partial charge in [-0.3, -0.25) is 4.79 Å². The van der Waals surface area contributed by atoms with E-state index in [1.165, 1.54) is 25.0 Å². The number of sulfonamides is 1. The Morgan fingerprint density at radius 3 is 2.74 bits per heavy atom. The second-order valence-electron chi connectivity index (χ2n) is 5.58. The fraction of sp³-hybridized carbons (Fsp3) is 0.438. The predicted octanol–water partition coefficient (Wildman–Crippen LogP) is 2.95. The third-order valence-corrected chi connectivity index (χ3v) is 5.14. The fourth-order valence-electron chi connectivity index (χ4n) is 2.52. The molecule has 1 aromatic rings. The number of benzene rings is 1. The van der Waals surface area contributed by atoms with Crippen LogP contribution in [0.5, 0.6) is 0 Å². The normalized spacial score (nSPS) is 15.1. The van der Waals surface area contributed by atoms with Crippen LogP contribution in [0, 0.1) is 5.82 Å². The molecule has 0 saturated carbocycles. The minimum atomic E-state index is -3.73. The van der Waals surface area contributed by atoms with Gasteiger partial charge in [0.05, 0.1) is 10.6 Å². The summed E-state index contributed by atoms with van der Waals surface area (Å²) in [6, 6.07) is 3.34. The van der Waals surface area contributed by atoms with Crippen LogP contribution in [0.2, 0.25) is 0 Å². The van der Waals surface area contributed by atoms with E-state index in [4.69, 9.17) is 0 Å². The van der Waals surface area contributed by atoms with Crippen LogP contribution in [-0.2, 0) is 14.8 Å². The Bertz CT molecular complexity index is 714. The van der Waals surface area contributed by atoms with E-state index in [0.717, 1.165) is 31.4 Å². The Kier molecular flexibility index (Phi) is 5.90. The average molecular weight is 340 g/mol. The van der Waals surface area contributed by atoms with Crippen molar-refractivity contribution >= 4 is 21.6 Å². The van der Waals surface area contributed by atoms with Gasteiger partial charge in [0.15, 0.2) is 0 Å². The van der Waals surface area contributed by atoms with Crippen molar-refractivity contribution in [1.82, 2.24) is 4.72 Å². The summed E-state index contributed by atoms with van der Waals surface area (Å²) in [6.45, 7) is 1.54. The first-order valence-electron chi connectivity index (χ1n) is 7.63. The van der Waals surface area contributed by atoms with Gasteiger partial charge in [0.1, 0.15) is 5.82 Å². The van der Waals surface area contributed by atoms with E-state index in [1.54, 1.807) is 0 Å². The lowest BCUT2D eigenvalue weighted by atomic mass is 9.97. The summed E-state index contributed by atoms with van der Waals surface area (Å²) < 4.78 is 40.6. The zero-order valence-corrected chi connectivity index (χ0v) is 13.9. The van der Waals surface area contributed by atoms with Gasteiger partial charge in [-0.2, -0.15) is 0 Å². The van der Waals surface area contributed by atoms with Crippen LogP contribution in [0.25, 0.3) is 0 Å². The highest BCUT2D eigenvalue weighted by molar-refractivity contribution is 7.89. The molecule has 7 heteroatoms. The van der Waals surface area contributed by atoms with Gasteiger partial charge in [0.25, 0.3) is 0 Å². The molecule has 1 amide bonds. The number of amides is 1. The van der Waals surface area contributed by atoms with Gasteiger partial charge < -0.3 is 5.32 Å². The number of nitrogens with one attached hydrogen (secondary N) is 2. The van der Waals surface area contributed by atoms with Gasteiger partial charge in [-0.15, -0.1) is 0 Å². The van der Waals surface area contributed by atoms with Crippen LogP contribution < -0.4 is 10.0 Å². The van der Waals surface area contributed by atoms with Gasteiger partial charge in [0.2, 0.25) is 15.9 Å². The van der Waals surface area contributed by atoms with Gasteiger partial charge >= 0.3 is 0 Å². The molecule has 2 rings (SSSR count). The minimum absolute atomic E-state index is 0.0692. The molecule has 1 aromatic carbocycles. The molecule has 1 aliphatic rings. The van der Waals surface area contributed by atoms with E-state index in [1.807, 2.05) is 0 Å². The number of carbonyl (C=O) groups excluding carboxylic acids is 1. The number of anilines is 1. The highest BCUT2D eigenvalue weighted by atomic mass is 32.2. The molecule has 0 fully saturated rings. The number of hydrogen-bond donors (Lipinski definition) is 2. The summed E-state index contributed by atoms with van der Waals surface area (Å²) in [5, 5.41) is 2.28. The Balaban J connectivity index is 2.03. The maximum atomic E-state index is 13.6. The quantitative estimate of drug-likeness (QED) is 0.782. The van der Waals surface area contributed by atoms with E-state index < -0.39 is 21.7 Å². The van der Waals surface area contributed by atoms with Crippen molar-refractivity contribution in [2.45, 2.75) is 43.9 Å². The fourth-order valence-corrected chi connectivity index (χ4v) is 3.58. The molecule has 0 aliphatic heterocycles. The molecule has 0 heterocycles. The monoisotopic (exact) mass is 340 g/mol. The molecule has 23 heavy (non-hydrogen) atoms. The average Bonchev–Trinajstić information content (AvgIpc) is 2.50. The van der Waals surface area contributed by atoms with E-state index in [9.17, 15) is 17.6 Å². The van der Waals surface area contributed by atoms with Crippen LogP contribution in [0.15, 0.2) is 34.7 Å². The van der Waals surface area contributed by atoms with Crippen LogP contribution in [0.4, 0.5) is 10.1 Å². The van der Waals surface area contributed by atoms with Gasteiger partial charge in [-0.1, -0.05) is 11.6 Å². The van der Waals surface area contributed by atoms with E-state index >= 15 is 0 Å². The molecule has 0 bridgehead atoms. The highest BCUT2D eigenvalue weighted by Crippen LogP contribution is 2.21. The van der Waals surface area contributed by atoms with Crippen molar-refractivity contribution < 1.29 is 17.6 Å². The zero-order chi connectivity index (χ0) is 16.9. The van der Waals surface area contributed by atoms with E-state index in [2.05, 4.69) is 16.1 Å². The van der Waals surface area contributed by atoms with Crippen LogP contribution >= 0.6 is 0 Å². The van der Waals surface area contributed by atoms with Crippen molar-refractivity contribution in [3.05, 3.63) is 35.7 Å². The molecule has 126 valence electrons.